The topological polar surface area (TPSA) is 91.3 Å². The van der Waals surface area contributed by atoms with Crippen LogP contribution in [-0.2, 0) is 19.1 Å². The van der Waals surface area contributed by atoms with Gasteiger partial charge in [0, 0.05) is 18.1 Å². The molecule has 0 aromatic heterocycles. The molecule has 1 saturated carbocycles. The Morgan fingerprint density at radius 3 is 2.91 bits per heavy atom. The molecule has 5 atom stereocenters. The van der Waals surface area contributed by atoms with E-state index in [4.69, 9.17) is 18.9 Å². The Morgan fingerprint density at radius 2 is 2.03 bits per heavy atom. The van der Waals surface area contributed by atoms with Gasteiger partial charge in [0.1, 0.15) is 6.10 Å². The van der Waals surface area contributed by atoms with Gasteiger partial charge < -0.3 is 24.1 Å². The zero-order valence-electron chi connectivity index (χ0n) is 18.7. The van der Waals surface area contributed by atoms with Gasteiger partial charge in [0.05, 0.1) is 12.2 Å². The largest absolute Gasteiger partial charge is 0.460 e. The van der Waals surface area contributed by atoms with Gasteiger partial charge in [0.15, 0.2) is 11.5 Å². The number of hydrogen-bond acceptors (Lipinski definition) is 7. The van der Waals surface area contributed by atoms with Crippen molar-refractivity contribution in [2.24, 2.45) is 11.8 Å². The number of carbonyl (C=O) groups is 2. The Bertz CT molecular complexity index is 948. The second-order valence-electron chi connectivity index (χ2n) is 8.77. The highest BCUT2D eigenvalue weighted by Crippen LogP contribution is 2.38. The first-order valence-corrected chi connectivity index (χ1v) is 11.5. The molecular weight excluding hydrogens is 424 g/mol. The molecule has 1 aromatic carbocycles. The molecule has 1 N–H and O–H groups in total. The van der Waals surface area contributed by atoms with Crippen LogP contribution in [0.5, 0.6) is 11.5 Å². The normalized spacial score (nSPS) is 30.6. The average Bonchev–Trinajstić information content (AvgIpc) is 3.40. The number of allylic oxidation sites excluding steroid dienone is 2. The van der Waals surface area contributed by atoms with E-state index in [1.807, 2.05) is 13.0 Å². The maximum Gasteiger partial charge on any atom is 0.331 e. The highest BCUT2D eigenvalue weighted by atomic mass is 16.7. The van der Waals surface area contributed by atoms with Gasteiger partial charge in [0.25, 0.3) is 0 Å². The van der Waals surface area contributed by atoms with Crippen molar-refractivity contribution in [1.82, 2.24) is 0 Å². The number of carbonyl (C=O) groups excluding carboxylic acids is 2. The van der Waals surface area contributed by atoms with Crippen molar-refractivity contribution in [3.05, 3.63) is 54.1 Å². The number of aliphatic hydroxyl groups is 1. The molecule has 7 heteroatoms. The van der Waals surface area contributed by atoms with Gasteiger partial charge in [-0.3, -0.25) is 0 Å². The lowest BCUT2D eigenvalue weighted by molar-refractivity contribution is -0.145. The molecule has 4 rings (SSSR count). The van der Waals surface area contributed by atoms with E-state index in [9.17, 15) is 14.7 Å². The van der Waals surface area contributed by atoms with Crippen LogP contribution in [-0.4, -0.2) is 42.1 Å². The highest BCUT2D eigenvalue weighted by molar-refractivity contribution is 5.87. The Hall–Kier alpha value is -3.06. The molecule has 2 aliphatic heterocycles. The third-order valence-corrected chi connectivity index (χ3v) is 6.23. The molecule has 2 heterocycles. The summed E-state index contributed by atoms with van der Waals surface area (Å²) in [6.45, 7) is 2.06. The number of hydrogen-bond donors (Lipinski definition) is 1. The van der Waals surface area contributed by atoms with Gasteiger partial charge in [0.2, 0.25) is 6.79 Å². The van der Waals surface area contributed by atoms with Crippen molar-refractivity contribution in [2.75, 3.05) is 6.79 Å². The predicted octanol–water partition coefficient (Wildman–Crippen LogP) is 3.96. The first-order chi connectivity index (χ1) is 16.0. The van der Waals surface area contributed by atoms with Gasteiger partial charge in [-0.25, -0.2) is 9.59 Å². The first kappa shape index (κ1) is 23.1. The van der Waals surface area contributed by atoms with Gasteiger partial charge >= 0.3 is 11.9 Å². The van der Waals surface area contributed by atoms with E-state index >= 15 is 0 Å². The standard InChI is InChI=1S/C26H30O7/c1-17-5-3-2-4-6-19-14-20(27)15-21(19)22(10-12-25(28)32-17)33-26(29)11-8-18-7-9-23-24(13-18)31-16-30-23/h4,6-13,17,19-22,27H,2-3,5,14-16H2,1H3/b6-4+,11-8+,12-10?/t17-,19+,20-,21+,22+/m0/s1. The molecule has 33 heavy (non-hydrogen) atoms. The Balaban J connectivity index is 1.49. The molecule has 1 aromatic rings. The van der Waals surface area contributed by atoms with E-state index in [2.05, 4.69) is 12.2 Å². The third-order valence-electron chi connectivity index (χ3n) is 6.23. The quantitative estimate of drug-likeness (QED) is 0.420. The van der Waals surface area contributed by atoms with Crippen molar-refractivity contribution in [3.63, 3.8) is 0 Å². The lowest BCUT2D eigenvalue weighted by Crippen LogP contribution is -2.27. The van der Waals surface area contributed by atoms with Crippen LogP contribution >= 0.6 is 0 Å². The van der Waals surface area contributed by atoms with Crippen molar-refractivity contribution >= 4 is 18.0 Å². The van der Waals surface area contributed by atoms with Gasteiger partial charge in [-0.2, -0.15) is 0 Å². The fraction of sp³-hybridized carbons (Fsp3) is 0.462. The summed E-state index contributed by atoms with van der Waals surface area (Å²) in [5.74, 6) is 0.255. The molecule has 0 radical (unpaired) electrons. The molecule has 0 amide bonds. The van der Waals surface area contributed by atoms with Crippen LogP contribution in [0.4, 0.5) is 0 Å². The smallest absolute Gasteiger partial charge is 0.331 e. The second-order valence-corrected chi connectivity index (χ2v) is 8.77. The second kappa shape index (κ2) is 10.7. The summed E-state index contributed by atoms with van der Waals surface area (Å²) in [5.41, 5.74) is 0.774. The summed E-state index contributed by atoms with van der Waals surface area (Å²) in [6, 6.07) is 5.40. The van der Waals surface area contributed by atoms with Crippen LogP contribution in [0.3, 0.4) is 0 Å². The maximum absolute atomic E-state index is 12.7. The number of aliphatic hydroxyl groups excluding tert-OH is 1. The summed E-state index contributed by atoms with van der Waals surface area (Å²) in [6.07, 6.45) is 12.5. The molecule has 0 bridgehead atoms. The van der Waals surface area contributed by atoms with E-state index in [1.165, 1.54) is 12.2 Å². The summed E-state index contributed by atoms with van der Waals surface area (Å²) in [5, 5.41) is 10.3. The van der Waals surface area contributed by atoms with Crippen LogP contribution in [0.2, 0.25) is 0 Å². The molecule has 3 aliphatic rings. The Morgan fingerprint density at radius 1 is 1.18 bits per heavy atom. The monoisotopic (exact) mass is 454 g/mol. The Kier molecular flexibility index (Phi) is 7.50. The van der Waals surface area contributed by atoms with Crippen molar-refractivity contribution in [3.8, 4) is 11.5 Å². The van der Waals surface area contributed by atoms with Crippen molar-refractivity contribution in [2.45, 2.75) is 57.3 Å². The summed E-state index contributed by atoms with van der Waals surface area (Å²) >= 11 is 0. The van der Waals surface area contributed by atoms with E-state index in [1.54, 1.807) is 24.3 Å². The van der Waals surface area contributed by atoms with Crippen LogP contribution < -0.4 is 9.47 Å². The van der Waals surface area contributed by atoms with E-state index in [-0.39, 0.29) is 24.7 Å². The van der Waals surface area contributed by atoms with Crippen molar-refractivity contribution < 1.29 is 33.6 Å². The maximum atomic E-state index is 12.7. The van der Waals surface area contributed by atoms with E-state index in [0.29, 0.717) is 24.3 Å². The summed E-state index contributed by atoms with van der Waals surface area (Å²) < 4.78 is 21.8. The zero-order chi connectivity index (χ0) is 23.2. The number of cyclic esters (lactones) is 1. The third kappa shape index (κ3) is 6.26. The number of benzene rings is 1. The molecule has 1 aliphatic carbocycles. The van der Waals surface area contributed by atoms with Gasteiger partial charge in [-0.15, -0.1) is 0 Å². The average molecular weight is 455 g/mol. The SMILES string of the molecule is C[C@H]1CCC/C=C/[C@@H]2C[C@H](O)C[C@H]2[C@H](OC(=O)/C=C/c2ccc3c(c2)OCO3)C=CC(=O)O1. The van der Waals surface area contributed by atoms with Crippen LogP contribution in [0.25, 0.3) is 6.08 Å². The van der Waals surface area contributed by atoms with Crippen LogP contribution in [0.15, 0.2) is 48.6 Å². The number of fused-ring (bicyclic) bond motifs is 2. The van der Waals surface area contributed by atoms with Crippen molar-refractivity contribution in [1.29, 1.82) is 0 Å². The van der Waals surface area contributed by atoms with E-state index < -0.39 is 24.1 Å². The van der Waals surface area contributed by atoms with Crippen LogP contribution in [0, 0.1) is 11.8 Å². The minimum Gasteiger partial charge on any atom is -0.460 e. The minimum atomic E-state index is -0.658. The Labute approximate surface area is 193 Å². The molecule has 7 nitrogen and oxygen atoms in total. The molecule has 0 spiro atoms. The van der Waals surface area contributed by atoms with E-state index in [0.717, 1.165) is 24.8 Å². The number of rotatable bonds is 3. The molecule has 176 valence electrons. The lowest BCUT2D eigenvalue weighted by atomic mass is 9.89. The first-order valence-electron chi connectivity index (χ1n) is 11.5. The molecule has 1 fully saturated rings. The van der Waals surface area contributed by atoms with Gasteiger partial charge in [-0.05, 0) is 74.8 Å². The lowest BCUT2D eigenvalue weighted by Gasteiger charge is -2.24. The van der Waals surface area contributed by atoms with Gasteiger partial charge in [-0.1, -0.05) is 18.2 Å². The molecule has 0 saturated heterocycles. The minimum absolute atomic E-state index is 0.0643. The number of ether oxygens (including phenoxy) is 4. The predicted molar refractivity (Wildman–Crippen MR) is 121 cm³/mol. The fourth-order valence-corrected chi connectivity index (χ4v) is 4.56. The molecule has 0 unspecified atom stereocenters. The fourth-order valence-electron chi connectivity index (χ4n) is 4.56. The molecular formula is C26H30O7. The summed E-state index contributed by atoms with van der Waals surface area (Å²) in [4.78, 5) is 24.9. The van der Waals surface area contributed by atoms with Crippen LogP contribution in [0.1, 0.15) is 44.6 Å². The number of esters is 2. The highest BCUT2D eigenvalue weighted by Gasteiger charge is 2.38. The zero-order valence-corrected chi connectivity index (χ0v) is 18.7. The summed E-state index contributed by atoms with van der Waals surface area (Å²) in [7, 11) is 0.